The Morgan fingerprint density at radius 3 is 2.71 bits per heavy atom. The summed E-state index contributed by atoms with van der Waals surface area (Å²) in [4.78, 5) is 5.40. The summed E-state index contributed by atoms with van der Waals surface area (Å²) in [7, 11) is 0. The molecular formula is C14H18N2S. The minimum Gasteiger partial charge on any atom is -0.303 e. The molecule has 1 N–H and O–H groups in total. The molecule has 17 heavy (non-hydrogen) atoms. The van der Waals surface area contributed by atoms with Crippen LogP contribution in [0, 0.1) is 6.92 Å². The number of aromatic nitrogens is 1. The lowest BCUT2D eigenvalue weighted by Crippen LogP contribution is -2.21. The van der Waals surface area contributed by atoms with Crippen molar-refractivity contribution in [2.45, 2.75) is 32.9 Å². The maximum Gasteiger partial charge on any atom is 0.0794 e. The first-order chi connectivity index (χ1) is 8.16. The van der Waals surface area contributed by atoms with Gasteiger partial charge >= 0.3 is 0 Å². The van der Waals surface area contributed by atoms with Gasteiger partial charge in [-0.3, -0.25) is 4.98 Å². The van der Waals surface area contributed by atoms with Crippen LogP contribution < -0.4 is 5.32 Å². The maximum absolute atomic E-state index is 4.12. The molecule has 0 aliphatic heterocycles. The summed E-state index contributed by atoms with van der Waals surface area (Å²) in [5.74, 6) is 0. The SMILES string of the molecule is Cc1cccc([C@@H](C)NC(C)c2cncs2)c1. The molecule has 3 heteroatoms. The Bertz CT molecular complexity index is 465. The van der Waals surface area contributed by atoms with Gasteiger partial charge < -0.3 is 5.32 Å². The first-order valence-corrected chi connectivity index (χ1v) is 6.76. The molecule has 0 amide bonds. The van der Waals surface area contributed by atoms with Crippen LogP contribution in [0.5, 0.6) is 0 Å². The van der Waals surface area contributed by atoms with Gasteiger partial charge in [0, 0.05) is 23.2 Å². The van der Waals surface area contributed by atoms with Crippen LogP contribution in [0.1, 0.15) is 41.9 Å². The summed E-state index contributed by atoms with van der Waals surface area (Å²) in [5, 5.41) is 3.60. The molecule has 0 bridgehead atoms. The van der Waals surface area contributed by atoms with Crippen molar-refractivity contribution in [1.29, 1.82) is 0 Å². The van der Waals surface area contributed by atoms with Crippen molar-refractivity contribution in [3.05, 3.63) is 52.0 Å². The van der Waals surface area contributed by atoms with E-state index in [0.717, 1.165) is 0 Å². The quantitative estimate of drug-likeness (QED) is 0.886. The molecule has 90 valence electrons. The van der Waals surface area contributed by atoms with E-state index in [-0.39, 0.29) is 0 Å². The van der Waals surface area contributed by atoms with Crippen molar-refractivity contribution in [3.8, 4) is 0 Å². The average molecular weight is 246 g/mol. The van der Waals surface area contributed by atoms with Gasteiger partial charge in [0.15, 0.2) is 0 Å². The van der Waals surface area contributed by atoms with E-state index in [2.05, 4.69) is 55.3 Å². The highest BCUT2D eigenvalue weighted by atomic mass is 32.1. The number of nitrogens with one attached hydrogen (secondary N) is 1. The van der Waals surface area contributed by atoms with Gasteiger partial charge in [-0.15, -0.1) is 11.3 Å². The van der Waals surface area contributed by atoms with E-state index in [1.807, 2.05) is 11.7 Å². The van der Waals surface area contributed by atoms with Crippen molar-refractivity contribution < 1.29 is 0 Å². The number of nitrogens with zero attached hydrogens (tertiary/aromatic N) is 1. The number of thiazole rings is 1. The van der Waals surface area contributed by atoms with Crippen molar-refractivity contribution >= 4 is 11.3 Å². The van der Waals surface area contributed by atoms with Crippen LogP contribution in [0.3, 0.4) is 0 Å². The highest BCUT2D eigenvalue weighted by Gasteiger charge is 2.12. The molecule has 1 aromatic carbocycles. The van der Waals surface area contributed by atoms with Gasteiger partial charge in [-0.1, -0.05) is 29.8 Å². The molecular weight excluding hydrogens is 228 g/mol. The Labute approximate surface area is 107 Å². The lowest BCUT2D eigenvalue weighted by molar-refractivity contribution is 0.499. The van der Waals surface area contributed by atoms with Gasteiger partial charge in [0.1, 0.15) is 0 Å². The fraction of sp³-hybridized carbons (Fsp3) is 0.357. The van der Waals surface area contributed by atoms with E-state index < -0.39 is 0 Å². The zero-order valence-electron chi connectivity index (χ0n) is 10.5. The largest absolute Gasteiger partial charge is 0.303 e. The summed E-state index contributed by atoms with van der Waals surface area (Å²) >= 11 is 1.70. The molecule has 1 unspecified atom stereocenters. The normalized spacial score (nSPS) is 14.5. The van der Waals surface area contributed by atoms with Crippen LogP contribution in [-0.2, 0) is 0 Å². The standard InChI is InChI=1S/C14H18N2S/c1-10-5-4-6-13(7-10)11(2)16-12(3)14-8-15-9-17-14/h4-9,11-12,16H,1-3H3/t11-,12?/m1/s1. The molecule has 0 saturated carbocycles. The molecule has 2 rings (SSSR count). The van der Waals surface area contributed by atoms with E-state index in [1.54, 1.807) is 11.3 Å². The smallest absolute Gasteiger partial charge is 0.0794 e. The number of aryl methyl sites for hydroxylation is 1. The summed E-state index contributed by atoms with van der Waals surface area (Å²) in [6.45, 7) is 6.51. The summed E-state index contributed by atoms with van der Waals surface area (Å²) in [5.41, 5.74) is 4.52. The van der Waals surface area contributed by atoms with Crippen molar-refractivity contribution in [2.24, 2.45) is 0 Å². The summed E-state index contributed by atoms with van der Waals surface area (Å²) in [6.07, 6.45) is 1.94. The van der Waals surface area contributed by atoms with Crippen molar-refractivity contribution in [3.63, 3.8) is 0 Å². The van der Waals surface area contributed by atoms with E-state index in [1.165, 1.54) is 16.0 Å². The second kappa shape index (κ2) is 5.43. The third kappa shape index (κ3) is 3.14. The van der Waals surface area contributed by atoms with E-state index in [0.29, 0.717) is 12.1 Å². The molecule has 1 aromatic heterocycles. The Hall–Kier alpha value is -1.19. The Morgan fingerprint density at radius 2 is 2.06 bits per heavy atom. The van der Waals surface area contributed by atoms with E-state index >= 15 is 0 Å². The molecule has 2 aromatic rings. The molecule has 0 saturated heterocycles. The van der Waals surface area contributed by atoms with Crippen LogP contribution in [0.15, 0.2) is 36.0 Å². The zero-order chi connectivity index (χ0) is 12.3. The van der Waals surface area contributed by atoms with Crippen LogP contribution in [0.2, 0.25) is 0 Å². The van der Waals surface area contributed by atoms with Crippen LogP contribution in [0.25, 0.3) is 0 Å². The predicted molar refractivity (Wildman–Crippen MR) is 73.3 cm³/mol. The lowest BCUT2D eigenvalue weighted by Gasteiger charge is -2.19. The van der Waals surface area contributed by atoms with E-state index in [9.17, 15) is 0 Å². The molecule has 2 nitrogen and oxygen atoms in total. The van der Waals surface area contributed by atoms with Gasteiger partial charge in [0.05, 0.1) is 5.51 Å². The minimum atomic E-state index is 0.345. The van der Waals surface area contributed by atoms with Gasteiger partial charge in [-0.25, -0.2) is 0 Å². The van der Waals surface area contributed by atoms with Crippen LogP contribution >= 0.6 is 11.3 Å². The summed E-state index contributed by atoms with van der Waals surface area (Å²) in [6, 6.07) is 9.34. The third-order valence-electron chi connectivity index (χ3n) is 2.92. The number of hydrogen-bond donors (Lipinski definition) is 1. The first kappa shape index (κ1) is 12.3. The fourth-order valence-corrected chi connectivity index (χ4v) is 2.57. The van der Waals surface area contributed by atoms with Crippen molar-refractivity contribution in [1.82, 2.24) is 10.3 Å². The van der Waals surface area contributed by atoms with Crippen molar-refractivity contribution in [2.75, 3.05) is 0 Å². The molecule has 0 aliphatic rings. The minimum absolute atomic E-state index is 0.345. The molecule has 2 atom stereocenters. The summed E-state index contributed by atoms with van der Waals surface area (Å²) < 4.78 is 0. The number of benzene rings is 1. The van der Waals surface area contributed by atoms with Crippen LogP contribution in [0.4, 0.5) is 0 Å². The van der Waals surface area contributed by atoms with Crippen LogP contribution in [-0.4, -0.2) is 4.98 Å². The average Bonchev–Trinajstić information content (AvgIpc) is 2.82. The molecule has 1 heterocycles. The van der Waals surface area contributed by atoms with Gasteiger partial charge in [-0.2, -0.15) is 0 Å². The predicted octanol–water partition coefficient (Wildman–Crippen LogP) is 3.86. The third-order valence-corrected chi connectivity index (χ3v) is 3.88. The zero-order valence-corrected chi connectivity index (χ0v) is 11.3. The first-order valence-electron chi connectivity index (χ1n) is 5.88. The Balaban J connectivity index is 2.04. The van der Waals surface area contributed by atoms with Gasteiger partial charge in [0.25, 0.3) is 0 Å². The monoisotopic (exact) mass is 246 g/mol. The highest BCUT2D eigenvalue weighted by Crippen LogP contribution is 2.21. The van der Waals surface area contributed by atoms with Gasteiger partial charge in [-0.05, 0) is 26.3 Å². The topological polar surface area (TPSA) is 24.9 Å². The maximum atomic E-state index is 4.12. The van der Waals surface area contributed by atoms with Gasteiger partial charge in [0.2, 0.25) is 0 Å². The lowest BCUT2D eigenvalue weighted by atomic mass is 10.1. The number of rotatable bonds is 4. The Morgan fingerprint density at radius 1 is 1.24 bits per heavy atom. The molecule has 0 fully saturated rings. The fourth-order valence-electron chi connectivity index (χ4n) is 1.93. The second-order valence-electron chi connectivity index (χ2n) is 4.43. The molecule has 0 radical (unpaired) electrons. The number of hydrogen-bond acceptors (Lipinski definition) is 3. The Kier molecular flexibility index (Phi) is 3.92. The second-order valence-corrected chi connectivity index (χ2v) is 5.35. The molecule has 0 aliphatic carbocycles. The highest BCUT2D eigenvalue weighted by molar-refractivity contribution is 7.09. The van der Waals surface area contributed by atoms with E-state index in [4.69, 9.17) is 0 Å². The molecule has 0 spiro atoms.